The highest BCUT2D eigenvalue weighted by Crippen LogP contribution is 2.06. The van der Waals surface area contributed by atoms with Gasteiger partial charge in [0.1, 0.15) is 6.04 Å². The Hall–Kier alpha value is -2.14. The van der Waals surface area contributed by atoms with Crippen LogP contribution >= 0.6 is 0 Å². The first kappa shape index (κ1) is 19.2. The summed E-state index contributed by atoms with van der Waals surface area (Å²) in [5.74, 6) is 0. The molecule has 5 nitrogen and oxygen atoms in total. The van der Waals surface area contributed by atoms with E-state index in [0.29, 0.717) is 12.6 Å². The van der Waals surface area contributed by atoms with E-state index in [2.05, 4.69) is 36.5 Å². The van der Waals surface area contributed by atoms with Crippen molar-refractivity contribution in [2.45, 2.75) is 52.1 Å². The van der Waals surface area contributed by atoms with Crippen LogP contribution in [0.5, 0.6) is 0 Å². The number of rotatable bonds is 9. The van der Waals surface area contributed by atoms with Crippen LogP contribution in [0.4, 0.5) is 0 Å². The third kappa shape index (κ3) is 5.43. The van der Waals surface area contributed by atoms with Gasteiger partial charge in [0.15, 0.2) is 0 Å². The maximum absolute atomic E-state index is 12.1. The zero-order valence-corrected chi connectivity index (χ0v) is 15.6. The van der Waals surface area contributed by atoms with Crippen molar-refractivity contribution in [1.82, 2.24) is 9.13 Å². The molecule has 1 atom stereocenters. The lowest BCUT2D eigenvalue weighted by atomic mass is 10.1. The predicted molar refractivity (Wildman–Crippen MR) is 101 cm³/mol. The molecule has 0 radical (unpaired) electrons. The van der Waals surface area contributed by atoms with E-state index in [-0.39, 0.29) is 11.2 Å². The standard InChI is InChI=1S/C20H29N3O2/c1-16-15-19(24)22(3)20(25)23(16)14-10-5-4-9-13-21-17(2)18-11-7-6-8-12-18/h6-8,11-12,15,17,21H,4-5,9-10,13-14H2,1-3H3/p+1/t17-/m1/s1. The Balaban J connectivity index is 1.67. The van der Waals surface area contributed by atoms with E-state index in [4.69, 9.17) is 0 Å². The van der Waals surface area contributed by atoms with Gasteiger partial charge in [0.05, 0.1) is 6.54 Å². The lowest BCUT2D eigenvalue weighted by molar-refractivity contribution is -0.693. The molecule has 0 aliphatic carbocycles. The summed E-state index contributed by atoms with van der Waals surface area (Å²) >= 11 is 0. The number of hydrogen-bond donors (Lipinski definition) is 1. The summed E-state index contributed by atoms with van der Waals surface area (Å²) in [6.07, 6.45) is 4.41. The van der Waals surface area contributed by atoms with Crippen LogP contribution in [-0.2, 0) is 13.6 Å². The second-order valence-corrected chi connectivity index (χ2v) is 6.76. The summed E-state index contributed by atoms with van der Waals surface area (Å²) in [6.45, 7) is 5.87. The Morgan fingerprint density at radius 3 is 2.44 bits per heavy atom. The lowest BCUT2D eigenvalue weighted by Crippen LogP contribution is -2.84. The van der Waals surface area contributed by atoms with E-state index in [9.17, 15) is 9.59 Å². The number of aromatic nitrogens is 2. The largest absolute Gasteiger partial charge is 0.340 e. The molecule has 0 saturated carbocycles. The van der Waals surface area contributed by atoms with Crippen molar-refractivity contribution < 1.29 is 5.32 Å². The quantitative estimate of drug-likeness (QED) is 0.705. The molecule has 2 rings (SSSR count). The number of quaternary nitrogens is 1. The molecule has 0 spiro atoms. The van der Waals surface area contributed by atoms with E-state index < -0.39 is 0 Å². The van der Waals surface area contributed by atoms with Gasteiger partial charge in [-0.25, -0.2) is 4.79 Å². The molecule has 1 heterocycles. The van der Waals surface area contributed by atoms with Crippen LogP contribution in [0.3, 0.4) is 0 Å². The van der Waals surface area contributed by atoms with Gasteiger partial charge < -0.3 is 5.32 Å². The fourth-order valence-corrected chi connectivity index (χ4v) is 3.08. The zero-order valence-electron chi connectivity index (χ0n) is 15.6. The first-order valence-electron chi connectivity index (χ1n) is 9.16. The van der Waals surface area contributed by atoms with Gasteiger partial charge in [0.2, 0.25) is 0 Å². The molecule has 0 aliphatic rings. The first-order chi connectivity index (χ1) is 12.0. The average molecular weight is 344 g/mol. The van der Waals surface area contributed by atoms with Crippen molar-refractivity contribution in [3.8, 4) is 0 Å². The molecular formula is C20H30N3O2+. The van der Waals surface area contributed by atoms with Crippen LogP contribution in [-0.4, -0.2) is 15.7 Å². The molecule has 136 valence electrons. The van der Waals surface area contributed by atoms with Crippen molar-refractivity contribution in [2.75, 3.05) is 6.54 Å². The van der Waals surface area contributed by atoms with Crippen LogP contribution in [0.1, 0.15) is 49.9 Å². The Morgan fingerprint density at radius 2 is 1.72 bits per heavy atom. The number of hydrogen-bond acceptors (Lipinski definition) is 2. The molecular weight excluding hydrogens is 314 g/mol. The van der Waals surface area contributed by atoms with Gasteiger partial charge in [0, 0.05) is 30.9 Å². The van der Waals surface area contributed by atoms with Crippen LogP contribution in [0.25, 0.3) is 0 Å². The van der Waals surface area contributed by atoms with Crippen molar-refractivity contribution in [3.63, 3.8) is 0 Å². The van der Waals surface area contributed by atoms with Crippen molar-refractivity contribution >= 4 is 0 Å². The summed E-state index contributed by atoms with van der Waals surface area (Å²) in [6, 6.07) is 12.6. The number of benzene rings is 1. The lowest BCUT2D eigenvalue weighted by Gasteiger charge is -2.12. The third-order valence-corrected chi connectivity index (χ3v) is 4.79. The average Bonchev–Trinajstić information content (AvgIpc) is 2.62. The number of nitrogens with two attached hydrogens (primary N) is 1. The SMILES string of the molecule is Cc1cc(=O)n(C)c(=O)n1CCCCCC[NH2+][C@H](C)c1ccccc1. The Kier molecular flexibility index (Phi) is 7.19. The fraction of sp³-hybridized carbons (Fsp3) is 0.500. The number of nitrogens with zero attached hydrogens (tertiary/aromatic N) is 2. The van der Waals surface area contributed by atoms with Gasteiger partial charge in [-0.3, -0.25) is 13.9 Å². The Labute approximate surface area is 149 Å². The first-order valence-corrected chi connectivity index (χ1v) is 9.16. The van der Waals surface area contributed by atoms with E-state index in [1.807, 2.05) is 13.0 Å². The second-order valence-electron chi connectivity index (χ2n) is 6.76. The van der Waals surface area contributed by atoms with Crippen LogP contribution < -0.4 is 16.6 Å². The maximum Gasteiger partial charge on any atom is 0.330 e. The molecule has 5 heteroatoms. The smallest absolute Gasteiger partial charge is 0.330 e. The topological polar surface area (TPSA) is 60.6 Å². The molecule has 0 unspecified atom stereocenters. The predicted octanol–water partition coefficient (Wildman–Crippen LogP) is 1.74. The normalized spacial score (nSPS) is 12.3. The summed E-state index contributed by atoms with van der Waals surface area (Å²) in [4.78, 5) is 23.7. The van der Waals surface area contributed by atoms with Crippen molar-refractivity contribution in [3.05, 3.63) is 68.5 Å². The summed E-state index contributed by atoms with van der Waals surface area (Å²) in [5.41, 5.74) is 1.67. The summed E-state index contributed by atoms with van der Waals surface area (Å²) < 4.78 is 2.87. The highest BCUT2D eigenvalue weighted by atomic mass is 16.2. The molecule has 0 aliphatic heterocycles. The molecule has 2 N–H and O–H groups in total. The van der Waals surface area contributed by atoms with Crippen LogP contribution in [0.2, 0.25) is 0 Å². The highest BCUT2D eigenvalue weighted by Gasteiger charge is 2.07. The molecule has 1 aromatic heterocycles. The van der Waals surface area contributed by atoms with Gasteiger partial charge in [-0.05, 0) is 33.1 Å². The fourth-order valence-electron chi connectivity index (χ4n) is 3.08. The van der Waals surface area contributed by atoms with E-state index in [1.54, 1.807) is 4.57 Å². The van der Waals surface area contributed by atoms with Crippen LogP contribution in [0, 0.1) is 6.92 Å². The van der Waals surface area contributed by atoms with Gasteiger partial charge in [-0.1, -0.05) is 36.8 Å². The minimum Gasteiger partial charge on any atom is -0.340 e. The molecule has 0 fully saturated rings. The molecule has 25 heavy (non-hydrogen) atoms. The number of aryl methyl sites for hydroxylation is 1. The maximum atomic E-state index is 12.1. The second kappa shape index (κ2) is 9.37. The van der Waals surface area contributed by atoms with E-state index in [1.165, 1.54) is 29.7 Å². The molecule has 0 amide bonds. The van der Waals surface area contributed by atoms with Gasteiger partial charge in [0.25, 0.3) is 5.56 Å². The third-order valence-electron chi connectivity index (χ3n) is 4.79. The van der Waals surface area contributed by atoms with Gasteiger partial charge >= 0.3 is 5.69 Å². The minimum absolute atomic E-state index is 0.213. The number of unbranched alkanes of at least 4 members (excludes halogenated alkanes) is 3. The Bertz CT molecular complexity index is 778. The van der Waals surface area contributed by atoms with Gasteiger partial charge in [-0.2, -0.15) is 0 Å². The monoisotopic (exact) mass is 344 g/mol. The van der Waals surface area contributed by atoms with E-state index >= 15 is 0 Å². The van der Waals surface area contributed by atoms with Gasteiger partial charge in [-0.15, -0.1) is 0 Å². The summed E-state index contributed by atoms with van der Waals surface area (Å²) in [5, 5.41) is 2.39. The molecule has 1 aromatic carbocycles. The van der Waals surface area contributed by atoms with Crippen LogP contribution in [0.15, 0.2) is 46.0 Å². The minimum atomic E-state index is -0.234. The Morgan fingerprint density at radius 1 is 1.04 bits per heavy atom. The zero-order chi connectivity index (χ0) is 18.2. The highest BCUT2D eigenvalue weighted by molar-refractivity contribution is 5.16. The molecule has 0 saturated heterocycles. The molecule has 2 aromatic rings. The van der Waals surface area contributed by atoms with Crippen molar-refractivity contribution in [1.29, 1.82) is 0 Å². The summed E-state index contributed by atoms with van der Waals surface area (Å²) in [7, 11) is 1.53. The van der Waals surface area contributed by atoms with E-state index in [0.717, 1.165) is 31.5 Å². The molecule has 0 bridgehead atoms. The van der Waals surface area contributed by atoms with Crippen molar-refractivity contribution in [2.24, 2.45) is 7.05 Å².